The fourth-order valence-electron chi connectivity index (χ4n) is 3.27. The minimum absolute atomic E-state index is 0.291. The van der Waals surface area contributed by atoms with Crippen LogP contribution in [0.3, 0.4) is 0 Å². The molecule has 2 aromatic carbocycles. The van der Waals surface area contributed by atoms with Crippen LogP contribution in [0, 0.1) is 0 Å². The molecule has 0 amide bonds. The molecule has 1 heterocycles. The smallest absolute Gasteiger partial charge is 0.343 e. The zero-order valence-corrected chi connectivity index (χ0v) is 14.1. The molecule has 1 aromatic heterocycles. The second-order valence-corrected chi connectivity index (χ2v) is 6.55. The molecule has 5 heteroatoms. The van der Waals surface area contributed by atoms with Crippen molar-refractivity contribution in [1.29, 1.82) is 0 Å². The third-order valence-electron chi connectivity index (χ3n) is 4.47. The van der Waals surface area contributed by atoms with Gasteiger partial charge in [-0.15, -0.1) is 0 Å². The van der Waals surface area contributed by atoms with Gasteiger partial charge in [0, 0.05) is 22.0 Å². The standard InChI is InChI=1S/C20H15ClO4/c21-13-5-3-4-12(10-13)19(22)24-14-8-9-16-15-6-1-2-7-17(15)20(23)25-18(16)11-14/h3-5,8-11H,1-2,6-7H2. The van der Waals surface area contributed by atoms with Crippen LogP contribution in [-0.2, 0) is 12.8 Å². The lowest BCUT2D eigenvalue weighted by molar-refractivity contribution is 0.0735. The van der Waals surface area contributed by atoms with Crippen LogP contribution in [0.4, 0.5) is 0 Å². The summed E-state index contributed by atoms with van der Waals surface area (Å²) in [5, 5.41) is 1.38. The van der Waals surface area contributed by atoms with Crippen LogP contribution in [0.5, 0.6) is 5.75 Å². The summed E-state index contributed by atoms with van der Waals surface area (Å²) in [6.07, 6.45) is 3.72. The van der Waals surface area contributed by atoms with E-state index in [-0.39, 0.29) is 5.63 Å². The Balaban J connectivity index is 1.70. The van der Waals surface area contributed by atoms with Crippen molar-refractivity contribution in [2.45, 2.75) is 25.7 Å². The molecule has 3 aromatic rings. The lowest BCUT2D eigenvalue weighted by Gasteiger charge is -2.16. The quantitative estimate of drug-likeness (QED) is 0.385. The fraction of sp³-hybridized carbons (Fsp3) is 0.200. The molecule has 0 unspecified atom stereocenters. The summed E-state index contributed by atoms with van der Waals surface area (Å²) in [5.74, 6) is -0.182. The highest BCUT2D eigenvalue weighted by Gasteiger charge is 2.18. The van der Waals surface area contributed by atoms with Gasteiger partial charge in [-0.25, -0.2) is 9.59 Å². The summed E-state index contributed by atoms with van der Waals surface area (Å²) < 4.78 is 10.8. The van der Waals surface area contributed by atoms with E-state index in [1.165, 1.54) is 0 Å². The molecule has 4 rings (SSSR count). The van der Waals surface area contributed by atoms with Gasteiger partial charge >= 0.3 is 11.6 Å². The molecule has 0 bridgehead atoms. The highest BCUT2D eigenvalue weighted by Crippen LogP contribution is 2.29. The molecule has 0 radical (unpaired) electrons. The van der Waals surface area contributed by atoms with Crippen LogP contribution in [0.25, 0.3) is 11.0 Å². The van der Waals surface area contributed by atoms with Crippen molar-refractivity contribution in [3.8, 4) is 5.75 Å². The Hall–Kier alpha value is -2.59. The number of hydrogen-bond acceptors (Lipinski definition) is 4. The number of carbonyl (C=O) groups excluding carboxylic acids is 1. The van der Waals surface area contributed by atoms with Gasteiger partial charge in [-0.2, -0.15) is 0 Å². The van der Waals surface area contributed by atoms with Crippen molar-refractivity contribution in [3.63, 3.8) is 0 Å². The number of aryl methyl sites for hydroxylation is 1. The molecule has 25 heavy (non-hydrogen) atoms. The Morgan fingerprint density at radius 1 is 1.04 bits per heavy atom. The van der Waals surface area contributed by atoms with Gasteiger partial charge in [-0.05, 0) is 61.6 Å². The van der Waals surface area contributed by atoms with Crippen molar-refractivity contribution < 1.29 is 13.9 Å². The van der Waals surface area contributed by atoms with Gasteiger partial charge in [0.2, 0.25) is 0 Å². The Morgan fingerprint density at radius 3 is 2.64 bits per heavy atom. The van der Waals surface area contributed by atoms with Crippen LogP contribution in [0.15, 0.2) is 51.7 Å². The van der Waals surface area contributed by atoms with Gasteiger partial charge in [-0.3, -0.25) is 0 Å². The van der Waals surface area contributed by atoms with Crippen molar-refractivity contribution in [2.24, 2.45) is 0 Å². The van der Waals surface area contributed by atoms with E-state index in [9.17, 15) is 9.59 Å². The lowest BCUT2D eigenvalue weighted by Crippen LogP contribution is -2.16. The molecule has 0 saturated carbocycles. The minimum Gasteiger partial charge on any atom is -0.423 e. The number of benzene rings is 2. The van der Waals surface area contributed by atoms with E-state index in [0.29, 0.717) is 21.9 Å². The van der Waals surface area contributed by atoms with Crippen molar-refractivity contribution in [1.82, 2.24) is 0 Å². The molecule has 1 aliphatic carbocycles. The molecule has 0 spiro atoms. The number of ether oxygens (including phenoxy) is 1. The van der Waals surface area contributed by atoms with E-state index in [2.05, 4.69) is 0 Å². The van der Waals surface area contributed by atoms with Crippen LogP contribution in [0.1, 0.15) is 34.3 Å². The van der Waals surface area contributed by atoms with Gasteiger partial charge in [0.15, 0.2) is 0 Å². The summed E-state index contributed by atoms with van der Waals surface area (Å²) >= 11 is 5.90. The Bertz CT molecular complexity index is 1040. The molecule has 4 nitrogen and oxygen atoms in total. The first-order valence-corrected chi connectivity index (χ1v) is 8.56. The Kier molecular flexibility index (Phi) is 4.06. The molecular formula is C20H15ClO4. The number of fused-ring (bicyclic) bond motifs is 3. The first-order valence-electron chi connectivity index (χ1n) is 8.18. The first kappa shape index (κ1) is 15.9. The number of rotatable bonds is 2. The second-order valence-electron chi connectivity index (χ2n) is 6.11. The lowest BCUT2D eigenvalue weighted by atomic mass is 9.91. The van der Waals surface area contributed by atoms with E-state index in [0.717, 1.165) is 42.2 Å². The zero-order chi connectivity index (χ0) is 17.4. The normalized spacial score (nSPS) is 13.5. The highest BCUT2D eigenvalue weighted by molar-refractivity contribution is 6.30. The second kappa shape index (κ2) is 6.37. The van der Waals surface area contributed by atoms with Gasteiger partial charge < -0.3 is 9.15 Å². The van der Waals surface area contributed by atoms with Gasteiger partial charge in [0.1, 0.15) is 11.3 Å². The van der Waals surface area contributed by atoms with Crippen LogP contribution < -0.4 is 10.4 Å². The van der Waals surface area contributed by atoms with Crippen LogP contribution in [-0.4, -0.2) is 5.97 Å². The molecule has 0 fully saturated rings. The predicted octanol–water partition coefficient (Wildman–Crippen LogP) is 4.54. The summed E-state index contributed by atoms with van der Waals surface area (Å²) in [4.78, 5) is 24.4. The SMILES string of the molecule is O=C(Oc1ccc2c3c(c(=O)oc2c1)CCCC3)c1cccc(Cl)c1. The third kappa shape index (κ3) is 3.05. The van der Waals surface area contributed by atoms with Gasteiger partial charge in [0.25, 0.3) is 0 Å². The van der Waals surface area contributed by atoms with Crippen molar-refractivity contribution >= 4 is 28.5 Å². The zero-order valence-electron chi connectivity index (χ0n) is 13.4. The summed E-state index contributed by atoms with van der Waals surface area (Å²) in [5.41, 5.74) is 2.36. The van der Waals surface area contributed by atoms with E-state index < -0.39 is 5.97 Å². The summed E-state index contributed by atoms with van der Waals surface area (Å²) in [7, 11) is 0. The molecule has 0 atom stereocenters. The van der Waals surface area contributed by atoms with Crippen molar-refractivity contribution in [2.75, 3.05) is 0 Å². The largest absolute Gasteiger partial charge is 0.423 e. The molecule has 1 aliphatic rings. The molecular weight excluding hydrogens is 340 g/mol. The van der Waals surface area contributed by atoms with E-state index in [1.54, 1.807) is 36.4 Å². The molecule has 0 N–H and O–H groups in total. The Labute approximate surface area is 149 Å². The molecule has 0 aliphatic heterocycles. The number of carbonyl (C=O) groups is 1. The third-order valence-corrected chi connectivity index (χ3v) is 4.70. The molecule has 0 saturated heterocycles. The Morgan fingerprint density at radius 2 is 1.84 bits per heavy atom. The van der Waals surface area contributed by atoms with Crippen molar-refractivity contribution in [3.05, 3.63) is 74.6 Å². The van der Waals surface area contributed by atoms with Crippen LogP contribution >= 0.6 is 11.6 Å². The number of halogens is 1. The van der Waals surface area contributed by atoms with E-state index in [4.69, 9.17) is 20.8 Å². The monoisotopic (exact) mass is 354 g/mol. The average molecular weight is 355 g/mol. The van der Waals surface area contributed by atoms with Gasteiger partial charge in [0.05, 0.1) is 5.56 Å². The van der Waals surface area contributed by atoms with Crippen LogP contribution in [0.2, 0.25) is 5.02 Å². The minimum atomic E-state index is -0.512. The van der Waals surface area contributed by atoms with Gasteiger partial charge in [-0.1, -0.05) is 17.7 Å². The maximum Gasteiger partial charge on any atom is 0.343 e. The summed E-state index contributed by atoms with van der Waals surface area (Å²) in [6.45, 7) is 0. The topological polar surface area (TPSA) is 56.5 Å². The number of esters is 1. The highest BCUT2D eigenvalue weighted by atomic mass is 35.5. The maximum atomic E-state index is 12.2. The molecule has 126 valence electrons. The average Bonchev–Trinajstić information content (AvgIpc) is 2.62. The first-order chi connectivity index (χ1) is 12.1. The fourth-order valence-corrected chi connectivity index (χ4v) is 3.46. The maximum absolute atomic E-state index is 12.2. The number of hydrogen-bond donors (Lipinski definition) is 0. The summed E-state index contributed by atoms with van der Waals surface area (Å²) in [6, 6.07) is 11.7. The van der Waals surface area contributed by atoms with E-state index in [1.807, 2.05) is 6.07 Å². The van der Waals surface area contributed by atoms with E-state index >= 15 is 0 Å². The predicted molar refractivity (Wildman–Crippen MR) is 95.5 cm³/mol.